The molecule has 0 saturated carbocycles. The monoisotopic (exact) mass is 427 g/mol. The zero-order chi connectivity index (χ0) is 20.7. The number of thiophene rings is 1. The fraction of sp³-hybridized carbons (Fsp3) is 0.450. The molecular formula is C20H26FNO4S2. The zero-order valence-corrected chi connectivity index (χ0v) is 17.7. The normalized spacial score (nSPS) is 13.0. The number of carboxylic acid groups (broad SMARTS) is 1. The van der Waals surface area contributed by atoms with Gasteiger partial charge in [0.15, 0.2) is 0 Å². The maximum Gasteiger partial charge on any atom is 0.303 e. The average molecular weight is 428 g/mol. The molecule has 0 spiro atoms. The second kappa shape index (κ2) is 10.1. The van der Waals surface area contributed by atoms with Crippen molar-refractivity contribution in [1.82, 2.24) is 4.72 Å². The van der Waals surface area contributed by atoms with Crippen molar-refractivity contribution in [3.8, 4) is 0 Å². The van der Waals surface area contributed by atoms with Gasteiger partial charge in [0.2, 0.25) is 10.0 Å². The summed E-state index contributed by atoms with van der Waals surface area (Å²) in [5.41, 5.74) is 0. The molecule has 0 aliphatic heterocycles. The first kappa shape index (κ1) is 22.5. The lowest BCUT2D eigenvalue weighted by Gasteiger charge is -2.19. The van der Waals surface area contributed by atoms with E-state index in [0.29, 0.717) is 25.2 Å². The lowest BCUT2D eigenvalue weighted by Crippen LogP contribution is -2.28. The predicted molar refractivity (Wildman–Crippen MR) is 108 cm³/mol. The molecule has 154 valence electrons. The number of hydrogen-bond donors (Lipinski definition) is 2. The third-order valence-electron chi connectivity index (χ3n) is 4.29. The average Bonchev–Trinajstić information content (AvgIpc) is 3.07. The van der Waals surface area contributed by atoms with Gasteiger partial charge in [-0.1, -0.05) is 13.8 Å². The molecule has 0 amide bonds. The second-order valence-electron chi connectivity index (χ2n) is 7.15. The van der Waals surface area contributed by atoms with Crippen LogP contribution in [0.3, 0.4) is 0 Å². The number of sulfonamides is 1. The Hall–Kier alpha value is -1.77. The molecule has 0 aliphatic rings. The molecule has 1 aromatic heterocycles. The molecule has 0 saturated heterocycles. The van der Waals surface area contributed by atoms with Gasteiger partial charge in [0.1, 0.15) is 5.82 Å². The highest BCUT2D eigenvalue weighted by Gasteiger charge is 2.23. The maximum atomic E-state index is 13.1. The van der Waals surface area contributed by atoms with E-state index in [2.05, 4.69) is 18.6 Å². The van der Waals surface area contributed by atoms with Crippen molar-refractivity contribution >= 4 is 27.3 Å². The molecular weight excluding hydrogens is 401 g/mol. The second-order valence-corrected chi connectivity index (χ2v) is 10.1. The van der Waals surface area contributed by atoms with Crippen LogP contribution in [0.15, 0.2) is 41.3 Å². The summed E-state index contributed by atoms with van der Waals surface area (Å²) in [5.74, 6) is -0.883. The van der Waals surface area contributed by atoms with Gasteiger partial charge in [0, 0.05) is 16.2 Å². The molecule has 0 bridgehead atoms. The Morgan fingerprint density at radius 1 is 1.14 bits per heavy atom. The van der Waals surface area contributed by atoms with Gasteiger partial charge in [-0.05, 0) is 68.0 Å². The van der Waals surface area contributed by atoms with Gasteiger partial charge in [-0.2, -0.15) is 0 Å². The van der Waals surface area contributed by atoms with E-state index in [1.807, 2.05) is 12.1 Å². The number of rotatable bonds is 11. The number of halogens is 1. The summed E-state index contributed by atoms with van der Waals surface area (Å²) < 4.78 is 41.3. The van der Waals surface area contributed by atoms with Gasteiger partial charge in [-0.25, -0.2) is 17.5 Å². The summed E-state index contributed by atoms with van der Waals surface area (Å²) in [6, 6.07) is 8.21. The Bertz CT molecular complexity index is 876. The van der Waals surface area contributed by atoms with Gasteiger partial charge in [0.05, 0.1) is 10.9 Å². The number of hydrogen-bond acceptors (Lipinski definition) is 4. The maximum absolute atomic E-state index is 13.1. The summed E-state index contributed by atoms with van der Waals surface area (Å²) in [6.45, 7) is 4.16. The predicted octanol–water partition coefficient (Wildman–Crippen LogP) is 4.75. The van der Waals surface area contributed by atoms with Crippen molar-refractivity contribution in [2.45, 2.75) is 56.9 Å². The van der Waals surface area contributed by atoms with Gasteiger partial charge in [-0.15, -0.1) is 11.3 Å². The molecule has 0 radical (unpaired) electrons. The largest absolute Gasteiger partial charge is 0.481 e. The van der Waals surface area contributed by atoms with Gasteiger partial charge in [0.25, 0.3) is 0 Å². The van der Waals surface area contributed by atoms with E-state index in [1.54, 1.807) is 0 Å². The summed E-state index contributed by atoms with van der Waals surface area (Å²) in [5, 5.41) is 8.76. The van der Waals surface area contributed by atoms with Crippen LogP contribution in [0.1, 0.15) is 55.3 Å². The smallest absolute Gasteiger partial charge is 0.303 e. The first-order chi connectivity index (χ1) is 13.2. The molecule has 5 nitrogen and oxygen atoms in total. The van der Waals surface area contributed by atoms with E-state index in [0.717, 1.165) is 28.3 Å². The van der Waals surface area contributed by atoms with E-state index in [-0.39, 0.29) is 17.4 Å². The lowest BCUT2D eigenvalue weighted by molar-refractivity contribution is -0.137. The van der Waals surface area contributed by atoms with Crippen molar-refractivity contribution in [3.63, 3.8) is 0 Å². The molecule has 1 atom stereocenters. The Morgan fingerprint density at radius 3 is 2.43 bits per heavy atom. The van der Waals surface area contributed by atoms with Crippen molar-refractivity contribution < 1.29 is 22.7 Å². The Kier molecular flexibility index (Phi) is 8.15. The molecule has 1 aromatic carbocycles. The van der Waals surface area contributed by atoms with Crippen LogP contribution in [0.25, 0.3) is 0 Å². The summed E-state index contributed by atoms with van der Waals surface area (Å²) in [4.78, 5) is 12.6. The van der Waals surface area contributed by atoms with Crippen LogP contribution in [0.2, 0.25) is 0 Å². The van der Waals surface area contributed by atoms with Gasteiger partial charge >= 0.3 is 5.97 Å². The molecule has 2 rings (SSSR count). The van der Waals surface area contributed by atoms with Crippen molar-refractivity contribution in [2.75, 3.05) is 0 Å². The molecule has 1 heterocycles. The quantitative estimate of drug-likeness (QED) is 0.542. The summed E-state index contributed by atoms with van der Waals surface area (Å²) >= 11 is 1.50. The molecule has 1 unspecified atom stereocenters. The fourth-order valence-corrected chi connectivity index (χ4v) is 5.22. The van der Waals surface area contributed by atoms with Crippen LogP contribution in [-0.2, 0) is 21.2 Å². The topological polar surface area (TPSA) is 83.5 Å². The number of carboxylic acids is 1. The van der Waals surface area contributed by atoms with E-state index in [9.17, 15) is 17.6 Å². The van der Waals surface area contributed by atoms with E-state index >= 15 is 0 Å². The highest BCUT2D eigenvalue weighted by Crippen LogP contribution is 2.30. The van der Waals surface area contributed by atoms with E-state index < -0.39 is 21.8 Å². The lowest BCUT2D eigenvalue weighted by atomic mass is 10.0. The van der Waals surface area contributed by atoms with Crippen LogP contribution < -0.4 is 4.72 Å². The third kappa shape index (κ3) is 7.00. The number of aliphatic carboxylic acids is 1. The number of nitrogens with one attached hydrogen (secondary N) is 1. The van der Waals surface area contributed by atoms with Crippen LogP contribution >= 0.6 is 11.3 Å². The van der Waals surface area contributed by atoms with Crippen LogP contribution in [0.4, 0.5) is 4.39 Å². The highest BCUT2D eigenvalue weighted by molar-refractivity contribution is 7.89. The summed E-state index contributed by atoms with van der Waals surface area (Å²) in [7, 11) is -3.78. The number of benzene rings is 1. The minimum atomic E-state index is -3.78. The van der Waals surface area contributed by atoms with E-state index in [1.165, 1.54) is 23.5 Å². The molecule has 2 N–H and O–H groups in total. The van der Waals surface area contributed by atoms with Crippen molar-refractivity contribution in [2.24, 2.45) is 5.92 Å². The Morgan fingerprint density at radius 2 is 1.82 bits per heavy atom. The third-order valence-corrected chi connectivity index (χ3v) is 7.04. The minimum Gasteiger partial charge on any atom is -0.481 e. The highest BCUT2D eigenvalue weighted by atomic mass is 32.2. The first-order valence-electron chi connectivity index (χ1n) is 9.25. The van der Waals surface area contributed by atoms with Gasteiger partial charge < -0.3 is 5.11 Å². The van der Waals surface area contributed by atoms with Crippen molar-refractivity contribution in [3.05, 3.63) is 52.0 Å². The van der Waals surface area contributed by atoms with Crippen LogP contribution in [0.5, 0.6) is 0 Å². The Labute approximate surface area is 169 Å². The fourth-order valence-electron chi connectivity index (χ4n) is 2.76. The molecule has 28 heavy (non-hydrogen) atoms. The van der Waals surface area contributed by atoms with E-state index in [4.69, 9.17) is 5.11 Å². The Balaban J connectivity index is 2.16. The molecule has 2 aromatic rings. The minimum absolute atomic E-state index is 0.0293. The van der Waals surface area contributed by atoms with Crippen molar-refractivity contribution in [1.29, 1.82) is 0 Å². The van der Waals surface area contributed by atoms with Crippen LogP contribution in [-0.4, -0.2) is 19.5 Å². The molecule has 0 fully saturated rings. The standard InChI is InChI=1S/C20H26FNO4S2/c1-14(2)6-12-18(19-13-9-16(27-19)4-3-5-20(23)24)22-28(25,26)17-10-7-15(21)8-11-17/h7-11,13-14,18,22H,3-6,12H2,1-2H3,(H,23,24). The number of aryl methyl sites for hydroxylation is 1. The zero-order valence-electron chi connectivity index (χ0n) is 16.0. The molecule has 0 aliphatic carbocycles. The van der Waals surface area contributed by atoms with Gasteiger partial charge in [-0.3, -0.25) is 4.79 Å². The SMILES string of the molecule is CC(C)CCC(NS(=O)(=O)c1ccc(F)cc1)c1ccc(CCCC(=O)O)s1. The summed E-state index contributed by atoms with van der Waals surface area (Å²) in [6.07, 6.45) is 2.81. The first-order valence-corrected chi connectivity index (χ1v) is 11.6. The molecule has 8 heteroatoms. The van der Waals surface area contributed by atoms with Crippen LogP contribution in [0, 0.1) is 11.7 Å². The number of carbonyl (C=O) groups is 1.